The summed E-state index contributed by atoms with van der Waals surface area (Å²) in [5, 5.41) is 0. The molecule has 0 saturated carbocycles. The molecule has 0 spiro atoms. The van der Waals surface area contributed by atoms with Crippen molar-refractivity contribution >= 4 is 15.8 Å². The molecular formula is C14H21NO3S. The molecule has 1 aromatic rings. The minimum Gasteiger partial charge on any atom is -0.295 e. The first-order chi connectivity index (χ1) is 8.78. The van der Waals surface area contributed by atoms with Crippen molar-refractivity contribution in [1.82, 2.24) is 4.31 Å². The Morgan fingerprint density at radius 1 is 1.26 bits per heavy atom. The van der Waals surface area contributed by atoms with E-state index >= 15 is 0 Å². The van der Waals surface area contributed by atoms with Gasteiger partial charge in [0.1, 0.15) is 0 Å². The fraction of sp³-hybridized carbons (Fsp3) is 0.500. The van der Waals surface area contributed by atoms with Crippen LogP contribution in [0.3, 0.4) is 0 Å². The maximum Gasteiger partial charge on any atom is 0.242 e. The van der Waals surface area contributed by atoms with Gasteiger partial charge in [0, 0.05) is 19.2 Å². The summed E-state index contributed by atoms with van der Waals surface area (Å²) in [5.41, 5.74) is 0.517. The second-order valence-corrected chi connectivity index (χ2v) is 6.92. The first-order valence-electron chi connectivity index (χ1n) is 6.36. The van der Waals surface area contributed by atoms with Crippen LogP contribution in [-0.2, 0) is 10.0 Å². The molecule has 5 heteroatoms. The summed E-state index contributed by atoms with van der Waals surface area (Å²) in [6.07, 6.45) is 0.934. The van der Waals surface area contributed by atoms with E-state index in [9.17, 15) is 13.2 Å². The summed E-state index contributed by atoms with van der Waals surface area (Å²) in [6.45, 7) is 6.00. The van der Waals surface area contributed by atoms with Crippen LogP contribution in [0.1, 0.15) is 37.6 Å². The van der Waals surface area contributed by atoms with Crippen LogP contribution in [0, 0.1) is 5.92 Å². The molecule has 0 N–H and O–H groups in total. The Morgan fingerprint density at radius 2 is 1.79 bits per heavy atom. The van der Waals surface area contributed by atoms with Crippen LogP contribution in [0.25, 0.3) is 0 Å². The second kappa shape index (κ2) is 6.30. The zero-order chi connectivity index (χ0) is 14.6. The van der Waals surface area contributed by atoms with Gasteiger partial charge in [-0.25, -0.2) is 12.7 Å². The highest BCUT2D eigenvalue weighted by Gasteiger charge is 2.21. The number of nitrogens with zero attached hydrogens (tertiary/aromatic N) is 1. The quantitative estimate of drug-likeness (QED) is 0.754. The molecule has 0 bridgehead atoms. The minimum atomic E-state index is -3.46. The van der Waals surface area contributed by atoms with Crippen LogP contribution in [0.15, 0.2) is 29.2 Å². The second-order valence-electron chi connectivity index (χ2n) is 4.88. The Labute approximate surface area is 115 Å². The predicted molar refractivity (Wildman–Crippen MR) is 75.7 cm³/mol. The monoisotopic (exact) mass is 283 g/mol. The number of benzene rings is 1. The van der Waals surface area contributed by atoms with E-state index in [1.165, 1.54) is 23.4 Å². The van der Waals surface area contributed by atoms with Crippen molar-refractivity contribution in [1.29, 1.82) is 0 Å². The van der Waals surface area contributed by atoms with E-state index in [1.54, 1.807) is 19.2 Å². The van der Waals surface area contributed by atoms with Gasteiger partial charge in [-0.2, -0.15) is 0 Å². The normalized spacial score (nSPS) is 13.5. The number of carbonyl (C=O) groups excluding carboxylic acids is 1. The lowest BCUT2D eigenvalue weighted by molar-refractivity contribution is 0.101. The van der Waals surface area contributed by atoms with E-state index < -0.39 is 10.0 Å². The summed E-state index contributed by atoms with van der Waals surface area (Å²) in [4.78, 5) is 11.4. The Hall–Kier alpha value is -1.20. The highest BCUT2D eigenvalue weighted by atomic mass is 32.2. The summed E-state index contributed by atoms with van der Waals surface area (Å²) in [7, 11) is -1.88. The van der Waals surface area contributed by atoms with Crippen molar-refractivity contribution in [2.24, 2.45) is 5.92 Å². The van der Waals surface area contributed by atoms with Gasteiger partial charge in [-0.1, -0.05) is 32.4 Å². The fourth-order valence-electron chi connectivity index (χ4n) is 1.71. The molecule has 0 amide bonds. The van der Waals surface area contributed by atoms with E-state index in [4.69, 9.17) is 0 Å². The van der Waals surface area contributed by atoms with Crippen LogP contribution in [-0.4, -0.2) is 32.1 Å². The van der Waals surface area contributed by atoms with Gasteiger partial charge >= 0.3 is 0 Å². The van der Waals surface area contributed by atoms with Crippen LogP contribution in [0.2, 0.25) is 0 Å². The summed E-state index contributed by atoms with van der Waals surface area (Å²) in [5.74, 6) is 0.244. The third-order valence-electron chi connectivity index (χ3n) is 3.23. The zero-order valence-electron chi connectivity index (χ0n) is 11.9. The smallest absolute Gasteiger partial charge is 0.242 e. The largest absolute Gasteiger partial charge is 0.295 e. The van der Waals surface area contributed by atoms with Gasteiger partial charge in [0.15, 0.2) is 5.78 Å². The van der Waals surface area contributed by atoms with Crippen LogP contribution in [0.5, 0.6) is 0 Å². The van der Waals surface area contributed by atoms with Crippen molar-refractivity contribution in [2.45, 2.75) is 32.1 Å². The molecule has 4 nitrogen and oxygen atoms in total. The molecule has 0 aliphatic carbocycles. The van der Waals surface area contributed by atoms with E-state index in [2.05, 4.69) is 0 Å². The zero-order valence-corrected chi connectivity index (χ0v) is 12.7. The molecule has 0 aliphatic rings. The average Bonchev–Trinajstić information content (AvgIpc) is 2.38. The molecule has 0 aromatic heterocycles. The van der Waals surface area contributed by atoms with Crippen molar-refractivity contribution in [3.63, 3.8) is 0 Å². The van der Waals surface area contributed by atoms with Crippen LogP contribution in [0.4, 0.5) is 0 Å². The van der Waals surface area contributed by atoms with Gasteiger partial charge in [-0.15, -0.1) is 0 Å². The molecule has 0 fully saturated rings. The maximum atomic E-state index is 12.3. The Bertz CT molecular complexity index is 534. The van der Waals surface area contributed by atoms with Gasteiger partial charge < -0.3 is 0 Å². The van der Waals surface area contributed by atoms with E-state index in [0.29, 0.717) is 18.0 Å². The van der Waals surface area contributed by atoms with Gasteiger partial charge in [-0.05, 0) is 25.0 Å². The highest BCUT2D eigenvalue weighted by molar-refractivity contribution is 7.89. The molecule has 1 atom stereocenters. The molecule has 0 aliphatic heterocycles. The third-order valence-corrected chi connectivity index (χ3v) is 5.07. The Balaban J connectivity index is 2.96. The molecule has 19 heavy (non-hydrogen) atoms. The van der Waals surface area contributed by atoms with Gasteiger partial charge in [0.05, 0.1) is 4.90 Å². The highest BCUT2D eigenvalue weighted by Crippen LogP contribution is 2.17. The third kappa shape index (κ3) is 3.88. The summed E-state index contributed by atoms with van der Waals surface area (Å²) in [6, 6.07) is 6.07. The molecule has 1 aromatic carbocycles. The average molecular weight is 283 g/mol. The van der Waals surface area contributed by atoms with Gasteiger partial charge in [-0.3, -0.25) is 4.79 Å². The van der Waals surface area contributed by atoms with Crippen molar-refractivity contribution in [3.8, 4) is 0 Å². The number of sulfonamides is 1. The minimum absolute atomic E-state index is 0.0723. The number of rotatable bonds is 6. The standard InChI is InChI=1S/C14H21NO3S/c1-5-11(2)10-15(4)19(17,18)14-8-6-13(7-9-14)12(3)16/h6-9,11H,5,10H2,1-4H3. The van der Waals surface area contributed by atoms with Crippen LogP contribution < -0.4 is 0 Å². The molecule has 1 unspecified atom stereocenters. The van der Waals surface area contributed by atoms with Crippen molar-refractivity contribution in [2.75, 3.05) is 13.6 Å². The topological polar surface area (TPSA) is 54.5 Å². The molecule has 0 radical (unpaired) electrons. The summed E-state index contributed by atoms with van der Waals surface area (Å²) >= 11 is 0. The van der Waals surface area contributed by atoms with Crippen molar-refractivity contribution in [3.05, 3.63) is 29.8 Å². The first kappa shape index (κ1) is 15.9. The van der Waals surface area contributed by atoms with Gasteiger partial charge in [0.25, 0.3) is 0 Å². The lowest BCUT2D eigenvalue weighted by atomic mass is 10.1. The fourth-order valence-corrected chi connectivity index (χ4v) is 3.00. The van der Waals surface area contributed by atoms with Crippen LogP contribution >= 0.6 is 0 Å². The Morgan fingerprint density at radius 3 is 2.21 bits per heavy atom. The molecular weight excluding hydrogens is 262 g/mol. The molecule has 0 heterocycles. The first-order valence-corrected chi connectivity index (χ1v) is 7.80. The number of carbonyl (C=O) groups is 1. The van der Waals surface area contributed by atoms with E-state index in [1.807, 2.05) is 13.8 Å². The lowest BCUT2D eigenvalue weighted by Crippen LogP contribution is -2.31. The van der Waals surface area contributed by atoms with Gasteiger partial charge in [0.2, 0.25) is 10.0 Å². The predicted octanol–water partition coefficient (Wildman–Crippen LogP) is 2.56. The molecule has 106 valence electrons. The number of ketones is 1. The Kier molecular flexibility index (Phi) is 5.26. The lowest BCUT2D eigenvalue weighted by Gasteiger charge is -2.20. The SMILES string of the molecule is CCC(C)CN(C)S(=O)(=O)c1ccc(C(C)=O)cc1. The molecule has 1 rings (SSSR count). The number of Topliss-reactive ketones (excluding diaryl/α,β-unsaturated/α-hetero) is 1. The van der Waals surface area contributed by atoms with Crippen molar-refractivity contribution < 1.29 is 13.2 Å². The van der Waals surface area contributed by atoms with E-state index in [-0.39, 0.29) is 10.7 Å². The van der Waals surface area contributed by atoms with E-state index in [0.717, 1.165) is 6.42 Å². The number of hydrogen-bond donors (Lipinski definition) is 0. The summed E-state index contributed by atoms with van der Waals surface area (Å²) < 4.78 is 26.0. The maximum absolute atomic E-state index is 12.3. The number of hydrogen-bond acceptors (Lipinski definition) is 3. The molecule has 0 saturated heterocycles.